The molecule has 110 valence electrons. The molecule has 3 rings (SSSR count). The quantitative estimate of drug-likeness (QED) is 0.936. The van der Waals surface area contributed by atoms with E-state index >= 15 is 0 Å². The van der Waals surface area contributed by atoms with E-state index in [1.165, 1.54) is 5.56 Å². The van der Waals surface area contributed by atoms with Crippen molar-refractivity contribution < 1.29 is 9.47 Å². The lowest BCUT2D eigenvalue weighted by molar-refractivity contribution is 0.183. The highest BCUT2D eigenvalue weighted by Crippen LogP contribution is 2.35. The normalized spacial score (nSPS) is 18.0. The van der Waals surface area contributed by atoms with E-state index in [1.807, 2.05) is 43.4 Å². The molecule has 0 amide bonds. The first-order chi connectivity index (χ1) is 10.2. The summed E-state index contributed by atoms with van der Waals surface area (Å²) >= 11 is 6.23. The van der Waals surface area contributed by atoms with Crippen molar-refractivity contribution in [2.24, 2.45) is 0 Å². The summed E-state index contributed by atoms with van der Waals surface area (Å²) in [6.45, 7) is 0. The fourth-order valence-corrected chi connectivity index (χ4v) is 3.10. The van der Waals surface area contributed by atoms with Crippen molar-refractivity contribution in [2.75, 3.05) is 14.2 Å². The van der Waals surface area contributed by atoms with Crippen molar-refractivity contribution in [2.45, 2.75) is 18.6 Å². The molecule has 0 saturated heterocycles. The summed E-state index contributed by atoms with van der Waals surface area (Å²) in [7, 11) is 3.56. The number of benzene rings is 2. The molecule has 1 aliphatic heterocycles. The van der Waals surface area contributed by atoms with Gasteiger partial charge in [0, 0.05) is 6.42 Å². The molecular weight excluding hydrogens is 286 g/mol. The Kier molecular flexibility index (Phi) is 4.04. The van der Waals surface area contributed by atoms with Crippen LogP contribution in [0.3, 0.4) is 0 Å². The van der Waals surface area contributed by atoms with Crippen molar-refractivity contribution in [3.05, 3.63) is 58.6 Å². The fourth-order valence-electron chi connectivity index (χ4n) is 2.84. The molecule has 0 radical (unpaired) electrons. The number of rotatable bonds is 4. The summed E-state index contributed by atoms with van der Waals surface area (Å²) in [4.78, 5) is 0. The molecule has 4 heteroatoms. The number of nitrogens with one attached hydrogen (secondary N) is 1. The zero-order valence-corrected chi connectivity index (χ0v) is 12.9. The van der Waals surface area contributed by atoms with Crippen molar-refractivity contribution >= 4 is 11.6 Å². The summed E-state index contributed by atoms with van der Waals surface area (Å²) in [5.74, 6) is 1.66. The number of ether oxygens (including phenoxy) is 2. The molecule has 0 spiro atoms. The summed E-state index contributed by atoms with van der Waals surface area (Å²) < 4.78 is 11.3. The topological polar surface area (TPSA) is 30.5 Å². The van der Waals surface area contributed by atoms with Crippen LogP contribution in [0.5, 0.6) is 11.5 Å². The molecule has 0 aromatic heterocycles. The molecule has 1 heterocycles. The van der Waals surface area contributed by atoms with E-state index in [9.17, 15) is 0 Å². The molecule has 0 bridgehead atoms. The summed E-state index contributed by atoms with van der Waals surface area (Å²) in [5, 5.41) is 3.95. The molecule has 2 unspecified atom stereocenters. The van der Waals surface area contributed by atoms with Gasteiger partial charge in [-0.2, -0.15) is 0 Å². The minimum Gasteiger partial charge on any atom is -0.495 e. The number of hydrogen-bond donors (Lipinski definition) is 1. The third-order valence-corrected chi connectivity index (χ3v) is 4.19. The smallest absolute Gasteiger partial charge is 0.137 e. The first-order valence-electron chi connectivity index (χ1n) is 6.98. The fraction of sp³-hybridized carbons (Fsp3) is 0.294. The molecule has 0 aliphatic carbocycles. The number of halogens is 1. The number of methoxy groups -OCH3 is 1. The summed E-state index contributed by atoms with van der Waals surface area (Å²) in [6.07, 6.45) is 0.961. The maximum absolute atomic E-state index is 6.23. The largest absolute Gasteiger partial charge is 0.495 e. The Bertz CT molecular complexity index is 619. The average Bonchev–Trinajstić information content (AvgIpc) is 2.91. The van der Waals surface area contributed by atoms with Crippen LogP contribution in [-0.4, -0.2) is 20.3 Å². The Hall–Kier alpha value is -1.71. The number of hydrogen-bond acceptors (Lipinski definition) is 3. The Morgan fingerprint density at radius 1 is 1.29 bits per heavy atom. The Morgan fingerprint density at radius 3 is 2.76 bits per heavy atom. The molecule has 1 N–H and O–H groups in total. The van der Waals surface area contributed by atoms with Gasteiger partial charge in [-0.3, -0.25) is 0 Å². The molecule has 2 aromatic carbocycles. The first-order valence-corrected chi connectivity index (χ1v) is 7.36. The number of para-hydroxylation sites is 1. The van der Waals surface area contributed by atoms with Gasteiger partial charge >= 0.3 is 0 Å². The maximum atomic E-state index is 6.23. The van der Waals surface area contributed by atoms with Crippen LogP contribution >= 0.6 is 11.6 Å². The van der Waals surface area contributed by atoms with Gasteiger partial charge in [0.05, 0.1) is 18.2 Å². The lowest BCUT2D eigenvalue weighted by atomic mass is 9.98. The van der Waals surface area contributed by atoms with Crippen LogP contribution in [0, 0.1) is 0 Å². The third kappa shape index (κ3) is 2.71. The molecule has 3 nitrogen and oxygen atoms in total. The molecule has 2 atom stereocenters. The zero-order valence-electron chi connectivity index (χ0n) is 12.1. The Labute approximate surface area is 129 Å². The van der Waals surface area contributed by atoms with E-state index in [1.54, 1.807) is 7.11 Å². The monoisotopic (exact) mass is 303 g/mol. The number of fused-ring (bicyclic) bond motifs is 1. The van der Waals surface area contributed by atoms with Crippen molar-refractivity contribution in [3.8, 4) is 11.5 Å². The van der Waals surface area contributed by atoms with E-state index in [0.717, 1.165) is 17.7 Å². The number of likely N-dealkylation sites (N-methyl/N-ethyl adjacent to an activating group) is 1. The molecule has 0 saturated carbocycles. The molecule has 0 fully saturated rings. The standard InChI is InChI=1S/C17H18ClNO2/c1-19-17(12-7-8-15(20-2)13(18)9-12)16-10-11-5-3-4-6-14(11)21-16/h3-9,16-17,19H,10H2,1-2H3. The van der Waals surface area contributed by atoms with Crippen LogP contribution in [0.4, 0.5) is 0 Å². The van der Waals surface area contributed by atoms with Crippen molar-refractivity contribution in [3.63, 3.8) is 0 Å². The van der Waals surface area contributed by atoms with Gasteiger partial charge in [-0.1, -0.05) is 35.9 Å². The lowest BCUT2D eigenvalue weighted by Crippen LogP contribution is -2.32. The maximum Gasteiger partial charge on any atom is 0.137 e. The van der Waals surface area contributed by atoms with Gasteiger partial charge in [-0.05, 0) is 36.4 Å². The van der Waals surface area contributed by atoms with Gasteiger partial charge in [0.1, 0.15) is 17.6 Å². The predicted octanol–water partition coefficient (Wildman–Crippen LogP) is 3.61. The van der Waals surface area contributed by atoms with E-state index in [0.29, 0.717) is 10.8 Å². The SMILES string of the molecule is CNC(c1ccc(OC)c(Cl)c1)C1Cc2ccccc2O1. The Balaban J connectivity index is 1.85. The average molecular weight is 304 g/mol. The van der Waals surface area contributed by atoms with Gasteiger partial charge in [-0.15, -0.1) is 0 Å². The van der Waals surface area contributed by atoms with Crippen molar-refractivity contribution in [1.29, 1.82) is 0 Å². The second-order valence-corrected chi connectivity index (χ2v) is 5.54. The minimum absolute atomic E-state index is 0.0665. The van der Waals surface area contributed by atoms with Gasteiger partial charge in [-0.25, -0.2) is 0 Å². The summed E-state index contributed by atoms with van der Waals surface area (Å²) in [5.41, 5.74) is 2.35. The van der Waals surface area contributed by atoms with Gasteiger partial charge < -0.3 is 14.8 Å². The van der Waals surface area contributed by atoms with Gasteiger partial charge in [0.25, 0.3) is 0 Å². The molecule has 2 aromatic rings. The predicted molar refractivity (Wildman–Crippen MR) is 84.4 cm³/mol. The second kappa shape index (κ2) is 5.96. The van der Waals surface area contributed by atoms with Gasteiger partial charge in [0.15, 0.2) is 0 Å². The molecular formula is C17H18ClNO2. The lowest BCUT2D eigenvalue weighted by Gasteiger charge is -2.23. The zero-order chi connectivity index (χ0) is 14.8. The highest BCUT2D eigenvalue weighted by Gasteiger charge is 2.30. The van der Waals surface area contributed by atoms with Crippen LogP contribution in [0.2, 0.25) is 5.02 Å². The van der Waals surface area contributed by atoms with E-state index in [2.05, 4.69) is 11.4 Å². The van der Waals surface area contributed by atoms with E-state index < -0.39 is 0 Å². The van der Waals surface area contributed by atoms with Gasteiger partial charge in [0.2, 0.25) is 0 Å². The second-order valence-electron chi connectivity index (χ2n) is 5.13. The highest BCUT2D eigenvalue weighted by atomic mass is 35.5. The summed E-state index contributed by atoms with van der Waals surface area (Å²) in [6, 6.07) is 14.1. The van der Waals surface area contributed by atoms with Crippen LogP contribution in [0.25, 0.3) is 0 Å². The van der Waals surface area contributed by atoms with E-state index in [-0.39, 0.29) is 12.1 Å². The highest BCUT2D eigenvalue weighted by molar-refractivity contribution is 6.32. The van der Waals surface area contributed by atoms with Crippen LogP contribution in [0.15, 0.2) is 42.5 Å². The first kappa shape index (κ1) is 14.2. The van der Waals surface area contributed by atoms with E-state index in [4.69, 9.17) is 21.1 Å². The minimum atomic E-state index is 0.0665. The Morgan fingerprint density at radius 2 is 2.10 bits per heavy atom. The van der Waals surface area contributed by atoms with Crippen LogP contribution in [-0.2, 0) is 6.42 Å². The third-order valence-electron chi connectivity index (χ3n) is 3.89. The molecule has 1 aliphatic rings. The van der Waals surface area contributed by atoms with Crippen molar-refractivity contribution in [1.82, 2.24) is 5.32 Å². The van der Waals surface area contributed by atoms with Crippen LogP contribution in [0.1, 0.15) is 17.2 Å². The molecule has 21 heavy (non-hydrogen) atoms. The van der Waals surface area contributed by atoms with Crippen LogP contribution < -0.4 is 14.8 Å².